The number of sulfonamides is 1. The summed E-state index contributed by atoms with van der Waals surface area (Å²) in [5.41, 5.74) is 0.999. The first-order valence-corrected chi connectivity index (χ1v) is 11.6. The van der Waals surface area contributed by atoms with Gasteiger partial charge in [-0.1, -0.05) is 26.0 Å². The van der Waals surface area contributed by atoms with Gasteiger partial charge in [0.15, 0.2) is 5.82 Å². The number of hydrogen-bond acceptors (Lipinski definition) is 6. The van der Waals surface area contributed by atoms with E-state index in [1.807, 2.05) is 6.92 Å². The lowest BCUT2D eigenvalue weighted by Gasteiger charge is -2.38. The topological polar surface area (TPSA) is 83.4 Å². The number of nitrogens with one attached hydrogen (secondary N) is 1. The average molecular weight is 397 g/mol. The van der Waals surface area contributed by atoms with Crippen LogP contribution >= 0.6 is 0 Å². The van der Waals surface area contributed by atoms with Gasteiger partial charge in [-0.25, -0.2) is 8.42 Å². The highest BCUT2D eigenvalue weighted by molar-refractivity contribution is 7.88. The van der Waals surface area contributed by atoms with Crippen LogP contribution in [0.25, 0.3) is 0 Å². The van der Waals surface area contributed by atoms with Crippen LogP contribution in [0.3, 0.4) is 0 Å². The molecule has 2 saturated heterocycles. The van der Waals surface area contributed by atoms with Crippen molar-refractivity contribution in [2.75, 3.05) is 30.8 Å². The van der Waals surface area contributed by atoms with Crippen molar-refractivity contribution in [3.63, 3.8) is 0 Å². The third-order valence-corrected chi connectivity index (χ3v) is 6.52. The molecule has 1 atom stereocenters. The van der Waals surface area contributed by atoms with Gasteiger partial charge in [0.05, 0.1) is 12.3 Å². The molecule has 8 nitrogen and oxygen atoms in total. The zero-order chi connectivity index (χ0) is 19.8. The molecule has 2 fully saturated rings. The molecule has 1 aromatic heterocycles. The van der Waals surface area contributed by atoms with Gasteiger partial charge in [-0.15, -0.1) is 10.2 Å². The molecule has 0 spiro atoms. The lowest BCUT2D eigenvalue weighted by Crippen LogP contribution is -2.46. The summed E-state index contributed by atoms with van der Waals surface area (Å²) in [6.07, 6.45) is 4.16. The van der Waals surface area contributed by atoms with Crippen molar-refractivity contribution < 1.29 is 8.42 Å². The lowest BCUT2D eigenvalue weighted by molar-refractivity contribution is 0.189. The molecule has 9 heteroatoms. The molecule has 2 aliphatic rings. The standard InChI is InChI=1S/C18H32N6O2S/c1-13(2)12-23-17(16-8-11-24(16)27(5,25)26)20-21-18(23)22-9-6-15(7-10-22)19-14(3)4/h14-16,19H,1,6-12H2,2-5H3. The smallest absolute Gasteiger partial charge is 0.227 e. The van der Waals surface area contributed by atoms with Crippen molar-refractivity contribution >= 4 is 16.0 Å². The molecule has 0 radical (unpaired) electrons. The first kappa shape index (κ1) is 20.3. The third kappa shape index (κ3) is 4.52. The average Bonchev–Trinajstić information content (AvgIpc) is 2.87. The predicted molar refractivity (Wildman–Crippen MR) is 107 cm³/mol. The molecule has 1 unspecified atom stereocenters. The second-order valence-corrected chi connectivity index (χ2v) is 10.1. The summed E-state index contributed by atoms with van der Waals surface area (Å²) >= 11 is 0. The number of aromatic nitrogens is 3. The minimum Gasteiger partial charge on any atom is -0.341 e. The van der Waals surface area contributed by atoms with E-state index in [1.165, 1.54) is 10.6 Å². The van der Waals surface area contributed by atoms with Crippen LogP contribution in [0.15, 0.2) is 12.2 Å². The fraction of sp³-hybridized carbons (Fsp3) is 0.778. The van der Waals surface area contributed by atoms with E-state index >= 15 is 0 Å². The summed E-state index contributed by atoms with van der Waals surface area (Å²) in [6.45, 7) is 13.3. The van der Waals surface area contributed by atoms with E-state index in [-0.39, 0.29) is 6.04 Å². The van der Waals surface area contributed by atoms with E-state index in [0.717, 1.165) is 49.7 Å². The summed E-state index contributed by atoms with van der Waals surface area (Å²) in [7, 11) is -3.24. The Balaban J connectivity index is 1.81. The number of nitrogens with zero attached hydrogens (tertiary/aromatic N) is 5. The molecule has 152 valence electrons. The Hall–Kier alpha value is -1.45. The summed E-state index contributed by atoms with van der Waals surface area (Å²) in [5, 5.41) is 12.5. The van der Waals surface area contributed by atoms with E-state index in [2.05, 4.69) is 45.4 Å². The van der Waals surface area contributed by atoms with Crippen LogP contribution in [0.1, 0.15) is 51.9 Å². The van der Waals surface area contributed by atoms with Crippen LogP contribution in [0.2, 0.25) is 0 Å². The molecule has 3 heterocycles. The van der Waals surface area contributed by atoms with Crippen LogP contribution < -0.4 is 10.2 Å². The SMILES string of the molecule is C=C(C)Cn1c(C2CCN2S(C)(=O)=O)nnc1N1CCC(NC(C)C)CC1. The van der Waals surface area contributed by atoms with Gasteiger partial charge in [-0.2, -0.15) is 4.31 Å². The second kappa shape index (κ2) is 7.89. The first-order chi connectivity index (χ1) is 12.7. The predicted octanol–water partition coefficient (Wildman–Crippen LogP) is 1.53. The highest BCUT2D eigenvalue weighted by Gasteiger charge is 2.40. The minimum atomic E-state index is -3.24. The van der Waals surface area contributed by atoms with Crippen LogP contribution in [0.5, 0.6) is 0 Å². The number of anilines is 1. The Morgan fingerprint density at radius 1 is 1.22 bits per heavy atom. The van der Waals surface area contributed by atoms with Crippen molar-refractivity contribution in [1.82, 2.24) is 24.4 Å². The fourth-order valence-electron chi connectivity index (χ4n) is 3.94. The number of rotatable bonds is 7. The van der Waals surface area contributed by atoms with Gasteiger partial charge < -0.3 is 10.2 Å². The van der Waals surface area contributed by atoms with Crippen LogP contribution in [0.4, 0.5) is 5.95 Å². The van der Waals surface area contributed by atoms with Gasteiger partial charge in [0, 0.05) is 38.3 Å². The van der Waals surface area contributed by atoms with Gasteiger partial charge in [-0.05, 0) is 26.2 Å². The van der Waals surface area contributed by atoms with Crippen molar-refractivity contribution in [2.45, 2.75) is 64.7 Å². The number of piperidine rings is 1. The van der Waals surface area contributed by atoms with Crippen molar-refractivity contribution in [3.05, 3.63) is 18.0 Å². The van der Waals surface area contributed by atoms with Crippen molar-refractivity contribution in [1.29, 1.82) is 0 Å². The van der Waals surface area contributed by atoms with E-state index in [9.17, 15) is 8.42 Å². The van der Waals surface area contributed by atoms with Gasteiger partial charge in [0.2, 0.25) is 16.0 Å². The van der Waals surface area contributed by atoms with Crippen LogP contribution in [-0.2, 0) is 16.6 Å². The summed E-state index contributed by atoms with van der Waals surface area (Å²) < 4.78 is 27.6. The van der Waals surface area contributed by atoms with Crippen LogP contribution in [-0.4, -0.2) is 65.5 Å². The number of hydrogen-bond donors (Lipinski definition) is 1. The Labute approximate surface area is 162 Å². The molecular formula is C18H32N6O2S. The quantitative estimate of drug-likeness (QED) is 0.704. The number of allylic oxidation sites excluding steroid dienone is 1. The van der Waals surface area contributed by atoms with Gasteiger partial charge in [0.1, 0.15) is 0 Å². The highest BCUT2D eigenvalue weighted by atomic mass is 32.2. The van der Waals surface area contributed by atoms with E-state index in [4.69, 9.17) is 0 Å². The van der Waals surface area contributed by atoms with Crippen molar-refractivity contribution in [2.24, 2.45) is 0 Å². The lowest BCUT2D eigenvalue weighted by atomic mass is 10.0. The third-order valence-electron chi connectivity index (χ3n) is 5.23. The van der Waals surface area contributed by atoms with E-state index in [0.29, 0.717) is 25.2 Å². The largest absolute Gasteiger partial charge is 0.341 e. The Bertz CT molecular complexity index is 780. The minimum absolute atomic E-state index is 0.222. The van der Waals surface area contributed by atoms with E-state index < -0.39 is 10.0 Å². The summed E-state index contributed by atoms with van der Waals surface area (Å²) in [6, 6.07) is 0.798. The molecule has 1 aromatic rings. The molecule has 0 saturated carbocycles. The maximum Gasteiger partial charge on any atom is 0.227 e. The molecule has 1 N–H and O–H groups in total. The molecule has 0 bridgehead atoms. The van der Waals surface area contributed by atoms with Gasteiger partial charge in [0.25, 0.3) is 0 Å². The Morgan fingerprint density at radius 2 is 1.89 bits per heavy atom. The summed E-state index contributed by atoms with van der Waals surface area (Å²) in [4.78, 5) is 2.27. The van der Waals surface area contributed by atoms with Crippen molar-refractivity contribution in [3.8, 4) is 0 Å². The monoisotopic (exact) mass is 396 g/mol. The molecule has 27 heavy (non-hydrogen) atoms. The normalized spacial score (nSPS) is 22.3. The molecule has 0 amide bonds. The Morgan fingerprint density at radius 3 is 2.37 bits per heavy atom. The molecular weight excluding hydrogens is 364 g/mol. The fourth-order valence-corrected chi connectivity index (χ4v) is 5.04. The maximum absolute atomic E-state index is 12.0. The summed E-state index contributed by atoms with van der Waals surface area (Å²) in [5.74, 6) is 1.56. The molecule has 3 rings (SSSR count). The maximum atomic E-state index is 12.0. The first-order valence-electron chi connectivity index (χ1n) is 9.72. The van der Waals surface area contributed by atoms with Crippen LogP contribution in [0, 0.1) is 0 Å². The molecule has 0 aliphatic carbocycles. The zero-order valence-corrected chi connectivity index (χ0v) is 17.7. The molecule has 0 aromatic carbocycles. The highest BCUT2D eigenvalue weighted by Crippen LogP contribution is 2.36. The zero-order valence-electron chi connectivity index (χ0n) is 16.8. The van der Waals surface area contributed by atoms with Gasteiger partial charge >= 0.3 is 0 Å². The second-order valence-electron chi connectivity index (χ2n) is 8.16. The van der Waals surface area contributed by atoms with Gasteiger partial charge in [-0.3, -0.25) is 4.57 Å². The molecule has 2 aliphatic heterocycles. The Kier molecular flexibility index (Phi) is 5.93. The van der Waals surface area contributed by atoms with E-state index in [1.54, 1.807) is 0 Å².